The number of aryl methyl sites for hydroxylation is 1. The molecule has 0 N–H and O–H groups in total. The molecule has 3 rings (SSSR count). The van der Waals surface area contributed by atoms with Crippen molar-refractivity contribution in [1.29, 1.82) is 0 Å². The summed E-state index contributed by atoms with van der Waals surface area (Å²) in [7, 11) is 0. The van der Waals surface area contributed by atoms with Crippen LogP contribution in [0.2, 0.25) is 5.02 Å². The molecule has 0 saturated carbocycles. The summed E-state index contributed by atoms with van der Waals surface area (Å²) < 4.78 is 5.41. The van der Waals surface area contributed by atoms with Crippen LogP contribution in [0.3, 0.4) is 0 Å². The van der Waals surface area contributed by atoms with E-state index in [1.807, 2.05) is 45.0 Å². The predicted molar refractivity (Wildman–Crippen MR) is 96.2 cm³/mol. The molecule has 0 aliphatic carbocycles. The molecule has 1 saturated heterocycles. The van der Waals surface area contributed by atoms with Crippen LogP contribution in [0, 0.1) is 12.8 Å². The number of carbonyl (C=O) groups excluding carboxylic acids is 2. The summed E-state index contributed by atoms with van der Waals surface area (Å²) in [6.45, 7) is 6.22. The molecular formula is C19H21ClN2O3. The van der Waals surface area contributed by atoms with Crippen molar-refractivity contribution in [1.82, 2.24) is 9.88 Å². The lowest BCUT2D eigenvalue weighted by Crippen LogP contribution is -2.33. The summed E-state index contributed by atoms with van der Waals surface area (Å²) in [6, 6.07) is 7.79. The molecule has 25 heavy (non-hydrogen) atoms. The number of esters is 1. The van der Waals surface area contributed by atoms with Gasteiger partial charge in [0.05, 0.1) is 22.2 Å². The number of rotatable bonds is 4. The van der Waals surface area contributed by atoms with E-state index in [2.05, 4.69) is 4.98 Å². The Bertz CT molecular complexity index is 835. The molecule has 132 valence electrons. The second-order valence-corrected chi connectivity index (χ2v) is 7.04. The van der Waals surface area contributed by atoms with E-state index in [1.54, 1.807) is 4.90 Å². The van der Waals surface area contributed by atoms with Crippen LogP contribution in [0.15, 0.2) is 24.3 Å². The van der Waals surface area contributed by atoms with E-state index >= 15 is 0 Å². The van der Waals surface area contributed by atoms with Gasteiger partial charge >= 0.3 is 5.97 Å². The van der Waals surface area contributed by atoms with Crippen molar-refractivity contribution < 1.29 is 14.3 Å². The number of nitrogens with zero attached hydrogens (tertiary/aromatic N) is 2. The zero-order chi connectivity index (χ0) is 18.1. The van der Waals surface area contributed by atoms with Gasteiger partial charge in [-0.2, -0.15) is 0 Å². The number of fused-ring (bicyclic) bond motifs is 1. The second kappa shape index (κ2) is 7.00. The Morgan fingerprint density at radius 3 is 2.80 bits per heavy atom. The van der Waals surface area contributed by atoms with Crippen LogP contribution in [-0.2, 0) is 20.9 Å². The molecule has 0 radical (unpaired) electrons. The lowest BCUT2D eigenvalue weighted by atomic mass is 10.1. The third kappa shape index (κ3) is 3.47. The number of carbonyl (C=O) groups is 2. The van der Waals surface area contributed by atoms with Crippen LogP contribution in [-0.4, -0.2) is 34.3 Å². The number of amides is 1. The average Bonchev–Trinajstić information content (AvgIpc) is 2.99. The molecule has 1 aromatic heterocycles. The lowest BCUT2D eigenvalue weighted by molar-refractivity contribution is -0.149. The van der Waals surface area contributed by atoms with Crippen LogP contribution in [0.25, 0.3) is 10.9 Å². The Labute approximate surface area is 151 Å². The topological polar surface area (TPSA) is 59.5 Å². The van der Waals surface area contributed by atoms with Gasteiger partial charge in [-0.25, -0.2) is 4.98 Å². The number of para-hydroxylation sites is 1. The fourth-order valence-corrected chi connectivity index (χ4v) is 3.36. The van der Waals surface area contributed by atoms with Gasteiger partial charge in [0.2, 0.25) is 5.91 Å². The van der Waals surface area contributed by atoms with Gasteiger partial charge in [0, 0.05) is 24.4 Å². The van der Waals surface area contributed by atoms with Crippen molar-refractivity contribution in [3.8, 4) is 0 Å². The Balaban J connectivity index is 1.72. The zero-order valence-electron chi connectivity index (χ0n) is 14.6. The molecule has 1 aromatic carbocycles. The Hall–Kier alpha value is -2.14. The van der Waals surface area contributed by atoms with Crippen molar-refractivity contribution >= 4 is 34.4 Å². The molecule has 5 nitrogen and oxygen atoms in total. The van der Waals surface area contributed by atoms with Gasteiger partial charge in [-0.1, -0.05) is 29.8 Å². The van der Waals surface area contributed by atoms with E-state index < -0.39 is 5.92 Å². The summed E-state index contributed by atoms with van der Waals surface area (Å²) in [5.74, 6) is -0.801. The first kappa shape index (κ1) is 17.7. The quantitative estimate of drug-likeness (QED) is 0.783. The Morgan fingerprint density at radius 2 is 2.12 bits per heavy atom. The maximum absolute atomic E-state index is 12.3. The SMILES string of the molecule is Cc1c(Cl)c(COC(=O)C2CC(=O)N(C(C)C)C2)nc2ccccc12. The van der Waals surface area contributed by atoms with Gasteiger partial charge in [-0.3, -0.25) is 9.59 Å². The van der Waals surface area contributed by atoms with Gasteiger partial charge in [0.1, 0.15) is 6.61 Å². The molecule has 1 aliphatic heterocycles. The largest absolute Gasteiger partial charge is 0.459 e. The normalized spacial score (nSPS) is 17.6. The van der Waals surface area contributed by atoms with E-state index in [1.165, 1.54) is 0 Å². The molecule has 0 bridgehead atoms. The van der Waals surface area contributed by atoms with Crippen LogP contribution in [0.4, 0.5) is 0 Å². The number of hydrogen-bond donors (Lipinski definition) is 0. The minimum atomic E-state index is -0.421. The van der Waals surface area contributed by atoms with Crippen molar-refractivity contribution in [2.45, 2.75) is 39.8 Å². The number of hydrogen-bond acceptors (Lipinski definition) is 4. The van der Waals surface area contributed by atoms with Crippen molar-refractivity contribution in [2.24, 2.45) is 5.92 Å². The van der Waals surface area contributed by atoms with Crippen molar-refractivity contribution in [3.05, 3.63) is 40.5 Å². The highest BCUT2D eigenvalue weighted by Gasteiger charge is 2.36. The summed E-state index contributed by atoms with van der Waals surface area (Å²) in [5, 5.41) is 1.49. The molecule has 1 atom stereocenters. The highest BCUT2D eigenvalue weighted by Crippen LogP contribution is 2.28. The lowest BCUT2D eigenvalue weighted by Gasteiger charge is -2.20. The molecule has 1 fully saturated rings. The first-order chi connectivity index (χ1) is 11.9. The maximum atomic E-state index is 12.3. The molecule has 2 heterocycles. The Morgan fingerprint density at radius 1 is 1.40 bits per heavy atom. The molecule has 0 spiro atoms. The molecular weight excluding hydrogens is 340 g/mol. The van der Waals surface area contributed by atoms with E-state index in [9.17, 15) is 9.59 Å². The standard InChI is InChI=1S/C19H21ClN2O3/c1-11(2)22-9-13(8-17(22)23)19(24)25-10-16-18(20)12(3)14-6-4-5-7-15(14)21-16/h4-7,11,13H,8-10H2,1-3H3. The van der Waals surface area contributed by atoms with Gasteiger partial charge in [-0.15, -0.1) is 0 Å². The van der Waals surface area contributed by atoms with E-state index in [4.69, 9.17) is 16.3 Å². The first-order valence-electron chi connectivity index (χ1n) is 8.38. The minimum absolute atomic E-state index is 0.00495. The third-order valence-electron chi connectivity index (χ3n) is 4.61. The highest BCUT2D eigenvalue weighted by molar-refractivity contribution is 6.32. The summed E-state index contributed by atoms with van der Waals surface area (Å²) in [4.78, 5) is 30.5. The molecule has 1 aliphatic rings. The third-order valence-corrected chi connectivity index (χ3v) is 5.11. The summed E-state index contributed by atoms with van der Waals surface area (Å²) >= 11 is 6.39. The first-order valence-corrected chi connectivity index (χ1v) is 8.76. The molecule has 6 heteroatoms. The molecule has 2 aromatic rings. The number of pyridine rings is 1. The van der Waals surface area contributed by atoms with Crippen LogP contribution in [0.1, 0.15) is 31.5 Å². The van der Waals surface area contributed by atoms with E-state index in [0.29, 0.717) is 17.3 Å². The Kier molecular flexibility index (Phi) is 4.95. The van der Waals surface area contributed by atoms with E-state index in [0.717, 1.165) is 16.5 Å². The fourth-order valence-electron chi connectivity index (χ4n) is 3.16. The van der Waals surface area contributed by atoms with Gasteiger partial charge in [0.15, 0.2) is 0 Å². The second-order valence-electron chi connectivity index (χ2n) is 6.66. The number of likely N-dealkylation sites (tertiary alicyclic amines) is 1. The van der Waals surface area contributed by atoms with Crippen LogP contribution >= 0.6 is 11.6 Å². The maximum Gasteiger partial charge on any atom is 0.311 e. The predicted octanol–water partition coefficient (Wildman–Crippen LogP) is 3.50. The number of halogens is 1. The van der Waals surface area contributed by atoms with Crippen LogP contribution in [0.5, 0.6) is 0 Å². The highest BCUT2D eigenvalue weighted by atomic mass is 35.5. The number of ether oxygens (including phenoxy) is 1. The fraction of sp³-hybridized carbons (Fsp3) is 0.421. The van der Waals surface area contributed by atoms with Gasteiger partial charge in [0.25, 0.3) is 0 Å². The van der Waals surface area contributed by atoms with Crippen molar-refractivity contribution in [3.63, 3.8) is 0 Å². The summed E-state index contributed by atoms with van der Waals surface area (Å²) in [5.41, 5.74) is 2.27. The molecule has 1 amide bonds. The smallest absolute Gasteiger partial charge is 0.311 e. The van der Waals surface area contributed by atoms with Crippen molar-refractivity contribution in [2.75, 3.05) is 6.54 Å². The monoisotopic (exact) mass is 360 g/mol. The van der Waals surface area contributed by atoms with Gasteiger partial charge < -0.3 is 9.64 Å². The van der Waals surface area contributed by atoms with Crippen LogP contribution < -0.4 is 0 Å². The van der Waals surface area contributed by atoms with E-state index in [-0.39, 0.29) is 30.9 Å². The number of aromatic nitrogens is 1. The van der Waals surface area contributed by atoms with Gasteiger partial charge in [-0.05, 0) is 32.4 Å². The minimum Gasteiger partial charge on any atom is -0.459 e. The number of benzene rings is 1. The zero-order valence-corrected chi connectivity index (χ0v) is 15.3. The summed E-state index contributed by atoms with van der Waals surface area (Å²) in [6.07, 6.45) is 0.203. The average molecular weight is 361 g/mol. The molecule has 1 unspecified atom stereocenters.